The van der Waals surface area contributed by atoms with Gasteiger partial charge in [-0.1, -0.05) is 41.4 Å². The van der Waals surface area contributed by atoms with Gasteiger partial charge in [0.25, 0.3) is 0 Å². The Hall–Kier alpha value is -3.26. The SMILES string of the molecule is O=[N+]([O-])c1ncn(CC(O)Cn2c3ccccc3c3ccccc32)n1. The van der Waals surface area contributed by atoms with Gasteiger partial charge >= 0.3 is 5.95 Å². The van der Waals surface area contributed by atoms with Gasteiger partial charge < -0.3 is 19.8 Å². The summed E-state index contributed by atoms with van der Waals surface area (Å²) in [5.74, 6) is -0.468. The van der Waals surface area contributed by atoms with Crippen molar-refractivity contribution in [3.8, 4) is 0 Å². The molecule has 0 saturated carbocycles. The Morgan fingerprint density at radius 2 is 1.64 bits per heavy atom. The lowest BCUT2D eigenvalue weighted by molar-refractivity contribution is -0.394. The molecule has 126 valence electrons. The van der Waals surface area contributed by atoms with E-state index in [-0.39, 0.29) is 6.54 Å². The second-order valence-electron chi connectivity index (χ2n) is 5.82. The van der Waals surface area contributed by atoms with Crippen molar-refractivity contribution in [1.82, 2.24) is 19.3 Å². The van der Waals surface area contributed by atoms with Crippen molar-refractivity contribution in [2.75, 3.05) is 0 Å². The molecule has 0 aliphatic carbocycles. The van der Waals surface area contributed by atoms with Gasteiger partial charge in [-0.25, -0.2) is 0 Å². The Bertz CT molecular complexity index is 1020. The Labute approximate surface area is 142 Å². The molecule has 0 aliphatic heterocycles. The first-order valence-electron chi connectivity index (χ1n) is 7.81. The van der Waals surface area contributed by atoms with Crippen LogP contribution in [0.5, 0.6) is 0 Å². The first-order valence-corrected chi connectivity index (χ1v) is 7.81. The van der Waals surface area contributed by atoms with Gasteiger partial charge in [0.2, 0.25) is 6.33 Å². The molecule has 0 aliphatic rings. The van der Waals surface area contributed by atoms with Gasteiger partial charge in [0, 0.05) is 26.9 Å². The molecule has 8 nitrogen and oxygen atoms in total. The lowest BCUT2D eigenvalue weighted by atomic mass is 10.2. The van der Waals surface area contributed by atoms with Crippen LogP contribution in [-0.2, 0) is 13.1 Å². The van der Waals surface area contributed by atoms with Crippen LogP contribution in [0.1, 0.15) is 0 Å². The van der Waals surface area contributed by atoms with Crippen LogP contribution in [0.4, 0.5) is 5.95 Å². The third-order valence-corrected chi connectivity index (χ3v) is 4.16. The summed E-state index contributed by atoms with van der Waals surface area (Å²) in [5.41, 5.74) is 2.07. The van der Waals surface area contributed by atoms with E-state index < -0.39 is 17.0 Å². The van der Waals surface area contributed by atoms with Crippen molar-refractivity contribution in [3.05, 3.63) is 65.0 Å². The lowest BCUT2D eigenvalue weighted by Gasteiger charge is -2.12. The van der Waals surface area contributed by atoms with Crippen molar-refractivity contribution in [2.24, 2.45) is 0 Å². The van der Waals surface area contributed by atoms with Gasteiger partial charge in [-0.3, -0.25) is 0 Å². The van der Waals surface area contributed by atoms with Crippen LogP contribution in [0.3, 0.4) is 0 Å². The highest BCUT2D eigenvalue weighted by Gasteiger charge is 2.18. The summed E-state index contributed by atoms with van der Waals surface area (Å²) in [6.07, 6.45) is 0.494. The maximum absolute atomic E-state index is 10.6. The van der Waals surface area contributed by atoms with E-state index in [4.69, 9.17) is 0 Å². The fourth-order valence-electron chi connectivity index (χ4n) is 3.14. The second-order valence-corrected chi connectivity index (χ2v) is 5.82. The van der Waals surface area contributed by atoms with Crippen LogP contribution in [0.25, 0.3) is 21.8 Å². The predicted octanol–water partition coefficient (Wildman–Crippen LogP) is 2.36. The van der Waals surface area contributed by atoms with Gasteiger partial charge in [0.1, 0.15) is 0 Å². The monoisotopic (exact) mass is 337 g/mol. The molecule has 0 spiro atoms. The average Bonchev–Trinajstić information content (AvgIpc) is 3.19. The maximum atomic E-state index is 10.6. The number of rotatable bonds is 5. The van der Waals surface area contributed by atoms with Crippen molar-refractivity contribution in [1.29, 1.82) is 0 Å². The Kier molecular flexibility index (Phi) is 3.66. The van der Waals surface area contributed by atoms with Gasteiger partial charge in [-0.15, -0.1) is 0 Å². The largest absolute Gasteiger partial charge is 0.490 e. The van der Waals surface area contributed by atoms with Gasteiger partial charge in [0.05, 0.1) is 19.2 Å². The molecule has 4 aromatic rings. The molecule has 0 fully saturated rings. The number of nitro groups is 1. The molecule has 0 amide bonds. The standard InChI is InChI=1S/C17H15N5O3/c23-12(9-20-11-18-17(19-20)22(24)25)10-21-15-7-3-1-5-13(15)14-6-2-4-8-16(14)21/h1-8,11-12,23H,9-10H2. The molecule has 1 atom stereocenters. The Morgan fingerprint density at radius 1 is 1.04 bits per heavy atom. The first-order chi connectivity index (χ1) is 12.1. The third kappa shape index (κ3) is 2.72. The number of hydrogen-bond donors (Lipinski definition) is 1. The molecule has 8 heteroatoms. The molecule has 2 aromatic heterocycles. The van der Waals surface area contributed by atoms with Crippen LogP contribution < -0.4 is 0 Å². The maximum Gasteiger partial charge on any atom is 0.490 e. The summed E-state index contributed by atoms with van der Waals surface area (Å²) in [7, 11) is 0. The zero-order valence-electron chi connectivity index (χ0n) is 13.2. The molecule has 2 heterocycles. The summed E-state index contributed by atoms with van der Waals surface area (Å²) in [5, 5.41) is 27.1. The van der Waals surface area contributed by atoms with E-state index in [1.165, 1.54) is 11.0 Å². The van der Waals surface area contributed by atoms with Gasteiger partial charge in [-0.05, 0) is 17.1 Å². The van der Waals surface area contributed by atoms with Crippen molar-refractivity contribution >= 4 is 27.8 Å². The number of fused-ring (bicyclic) bond motifs is 3. The number of aromatic nitrogens is 4. The summed E-state index contributed by atoms with van der Waals surface area (Å²) < 4.78 is 3.34. The average molecular weight is 337 g/mol. The number of para-hydroxylation sites is 2. The molecule has 25 heavy (non-hydrogen) atoms. The Morgan fingerprint density at radius 3 is 2.20 bits per heavy atom. The zero-order chi connectivity index (χ0) is 17.4. The quantitative estimate of drug-likeness (QED) is 0.445. The van der Waals surface area contributed by atoms with E-state index in [1.54, 1.807) is 0 Å². The van der Waals surface area contributed by atoms with E-state index in [9.17, 15) is 15.2 Å². The number of aliphatic hydroxyl groups is 1. The van der Waals surface area contributed by atoms with Gasteiger partial charge in [-0.2, -0.15) is 4.68 Å². The normalized spacial score (nSPS) is 12.7. The van der Waals surface area contributed by atoms with E-state index in [0.29, 0.717) is 6.54 Å². The highest BCUT2D eigenvalue weighted by Crippen LogP contribution is 2.28. The minimum atomic E-state index is -0.763. The van der Waals surface area contributed by atoms with Crippen molar-refractivity contribution in [2.45, 2.75) is 19.2 Å². The lowest BCUT2D eigenvalue weighted by Crippen LogP contribution is -2.22. The van der Waals surface area contributed by atoms with E-state index in [2.05, 4.69) is 26.8 Å². The van der Waals surface area contributed by atoms with E-state index >= 15 is 0 Å². The molecule has 0 bridgehead atoms. The van der Waals surface area contributed by atoms with Crippen LogP contribution >= 0.6 is 0 Å². The fourth-order valence-corrected chi connectivity index (χ4v) is 3.14. The Balaban J connectivity index is 1.66. The first kappa shape index (κ1) is 15.3. The minimum Gasteiger partial charge on any atom is -0.390 e. The topological polar surface area (TPSA) is 99.0 Å². The summed E-state index contributed by atoms with van der Waals surface area (Å²) >= 11 is 0. The third-order valence-electron chi connectivity index (χ3n) is 4.16. The summed E-state index contributed by atoms with van der Waals surface area (Å²) in [4.78, 5) is 13.6. The molecular formula is C17H15N5O3. The molecule has 1 N–H and O–H groups in total. The minimum absolute atomic E-state index is 0.127. The van der Waals surface area contributed by atoms with Crippen LogP contribution in [0, 0.1) is 10.1 Å². The van der Waals surface area contributed by atoms with E-state index in [0.717, 1.165) is 21.8 Å². The van der Waals surface area contributed by atoms with Crippen LogP contribution in [0.2, 0.25) is 0 Å². The highest BCUT2D eigenvalue weighted by atomic mass is 16.6. The highest BCUT2D eigenvalue weighted by molar-refractivity contribution is 6.07. The molecule has 1 unspecified atom stereocenters. The summed E-state index contributed by atoms with van der Waals surface area (Å²) in [6, 6.07) is 16.1. The van der Waals surface area contributed by atoms with Crippen LogP contribution in [-0.4, -0.2) is 35.5 Å². The predicted molar refractivity (Wildman–Crippen MR) is 92.1 cm³/mol. The van der Waals surface area contributed by atoms with Crippen LogP contribution in [0.15, 0.2) is 54.9 Å². The van der Waals surface area contributed by atoms with Gasteiger partial charge in [0.15, 0.2) is 0 Å². The molecule has 0 saturated heterocycles. The zero-order valence-corrected chi connectivity index (χ0v) is 13.2. The number of nitrogens with zero attached hydrogens (tertiary/aromatic N) is 5. The fraction of sp³-hybridized carbons (Fsp3) is 0.176. The smallest absolute Gasteiger partial charge is 0.390 e. The van der Waals surface area contributed by atoms with E-state index in [1.807, 2.05) is 36.4 Å². The molecular weight excluding hydrogens is 322 g/mol. The molecule has 4 rings (SSSR count). The summed E-state index contributed by atoms with van der Waals surface area (Å²) in [6.45, 7) is 0.476. The molecule has 0 radical (unpaired) electrons. The molecule has 2 aromatic carbocycles. The van der Waals surface area contributed by atoms with Crippen molar-refractivity contribution < 1.29 is 10.0 Å². The number of hydrogen-bond acceptors (Lipinski definition) is 5. The second kappa shape index (κ2) is 5.99. The number of benzene rings is 2. The van der Waals surface area contributed by atoms with Crippen molar-refractivity contribution in [3.63, 3.8) is 0 Å². The number of aliphatic hydroxyl groups excluding tert-OH is 1.